The molecule has 0 amide bonds. The molecule has 84 valence electrons. The van der Waals surface area contributed by atoms with Gasteiger partial charge in [0.1, 0.15) is 5.82 Å². The quantitative estimate of drug-likeness (QED) is 0.715. The van der Waals surface area contributed by atoms with E-state index in [-0.39, 0.29) is 0 Å². The molecule has 0 saturated carbocycles. The van der Waals surface area contributed by atoms with Gasteiger partial charge in [0.05, 0.1) is 6.67 Å². The average molecular weight is 210 g/mol. The first-order valence-corrected chi connectivity index (χ1v) is 4.79. The van der Waals surface area contributed by atoms with Crippen molar-refractivity contribution in [2.75, 3.05) is 45.1 Å². The molecule has 0 saturated heterocycles. The maximum Gasteiger partial charge on any atom is 0.231 e. The molecule has 1 heterocycles. The summed E-state index contributed by atoms with van der Waals surface area (Å²) in [6.45, 7) is 2.63. The predicted octanol–water partition coefficient (Wildman–Crippen LogP) is 0.177. The van der Waals surface area contributed by atoms with Crippen LogP contribution in [0.4, 0.5) is 11.9 Å². The number of nitrogens with one attached hydrogen (secondary N) is 1. The Labute approximate surface area is 90.3 Å². The van der Waals surface area contributed by atoms with Crippen molar-refractivity contribution in [2.45, 2.75) is 6.92 Å². The number of rotatable bonds is 4. The van der Waals surface area contributed by atoms with Crippen molar-refractivity contribution < 1.29 is 0 Å². The molecule has 0 fully saturated rings. The molecule has 0 aliphatic heterocycles. The van der Waals surface area contributed by atoms with Crippen molar-refractivity contribution in [3.63, 3.8) is 0 Å². The lowest BCUT2D eigenvalue weighted by Crippen LogP contribution is -2.31. The van der Waals surface area contributed by atoms with Gasteiger partial charge < -0.3 is 10.2 Å². The molecule has 1 aromatic rings. The number of aryl methyl sites for hydroxylation is 1. The van der Waals surface area contributed by atoms with Gasteiger partial charge >= 0.3 is 0 Å². The minimum Gasteiger partial charge on any atom is -0.357 e. The predicted molar refractivity (Wildman–Crippen MR) is 61.1 cm³/mol. The van der Waals surface area contributed by atoms with Gasteiger partial charge in [-0.25, -0.2) is 0 Å². The lowest BCUT2D eigenvalue weighted by Gasteiger charge is -2.21. The standard InChI is InChI=1S/C9H18N6/c1-7-11-8(10-2)13-9(12-7)15(5)6-14(3)4/h6H2,1-5H3,(H,10,11,12,13). The molecule has 1 N–H and O–H groups in total. The van der Waals surface area contributed by atoms with Crippen LogP contribution in [0.2, 0.25) is 0 Å². The van der Waals surface area contributed by atoms with Crippen molar-refractivity contribution in [1.82, 2.24) is 19.9 Å². The van der Waals surface area contributed by atoms with Gasteiger partial charge in [0.15, 0.2) is 0 Å². The third kappa shape index (κ3) is 3.32. The highest BCUT2D eigenvalue weighted by Crippen LogP contribution is 2.08. The lowest BCUT2D eigenvalue weighted by molar-refractivity contribution is 0.409. The van der Waals surface area contributed by atoms with Crippen LogP contribution in [0.5, 0.6) is 0 Å². The number of nitrogens with zero attached hydrogens (tertiary/aromatic N) is 5. The van der Waals surface area contributed by atoms with Gasteiger partial charge in [-0.15, -0.1) is 0 Å². The highest BCUT2D eigenvalue weighted by atomic mass is 15.3. The van der Waals surface area contributed by atoms with Gasteiger partial charge in [-0.05, 0) is 21.0 Å². The van der Waals surface area contributed by atoms with E-state index in [1.54, 1.807) is 7.05 Å². The van der Waals surface area contributed by atoms with Crippen molar-refractivity contribution in [3.05, 3.63) is 5.82 Å². The van der Waals surface area contributed by atoms with Crippen LogP contribution in [0, 0.1) is 6.92 Å². The summed E-state index contributed by atoms with van der Waals surface area (Å²) in [6.07, 6.45) is 0. The van der Waals surface area contributed by atoms with Crippen molar-refractivity contribution in [2.24, 2.45) is 0 Å². The van der Waals surface area contributed by atoms with E-state index in [2.05, 4.69) is 25.2 Å². The summed E-state index contributed by atoms with van der Waals surface area (Å²) in [4.78, 5) is 16.7. The SMILES string of the molecule is CNc1nc(C)nc(N(C)CN(C)C)n1. The maximum atomic E-state index is 4.27. The van der Waals surface area contributed by atoms with Crippen molar-refractivity contribution in [3.8, 4) is 0 Å². The van der Waals surface area contributed by atoms with Gasteiger partial charge in [-0.3, -0.25) is 4.90 Å². The monoisotopic (exact) mass is 210 g/mol. The summed E-state index contributed by atoms with van der Waals surface area (Å²) in [5.74, 6) is 2.00. The van der Waals surface area contributed by atoms with Gasteiger partial charge in [0.25, 0.3) is 0 Å². The topological polar surface area (TPSA) is 57.2 Å². The fourth-order valence-corrected chi connectivity index (χ4v) is 1.24. The molecule has 0 radical (unpaired) electrons. The Bertz CT molecular complexity index is 324. The molecule has 0 unspecified atom stereocenters. The molecule has 6 heteroatoms. The molecule has 0 aromatic carbocycles. The first-order chi connectivity index (χ1) is 7.02. The molecule has 6 nitrogen and oxygen atoms in total. The Morgan fingerprint density at radius 3 is 2.33 bits per heavy atom. The fraction of sp³-hybridized carbons (Fsp3) is 0.667. The summed E-state index contributed by atoms with van der Waals surface area (Å²) in [7, 11) is 7.76. The molecule has 0 spiro atoms. The van der Waals surface area contributed by atoms with E-state index in [0.29, 0.717) is 11.9 Å². The van der Waals surface area contributed by atoms with Crippen LogP contribution < -0.4 is 10.2 Å². The summed E-state index contributed by atoms with van der Waals surface area (Å²) >= 11 is 0. The molecule has 15 heavy (non-hydrogen) atoms. The Hall–Kier alpha value is -1.43. The fourth-order valence-electron chi connectivity index (χ4n) is 1.24. The van der Waals surface area contributed by atoms with Crippen molar-refractivity contribution >= 4 is 11.9 Å². The second kappa shape index (κ2) is 4.88. The molecule has 0 aliphatic carbocycles. The van der Waals surface area contributed by atoms with E-state index >= 15 is 0 Å². The van der Waals surface area contributed by atoms with Crippen LogP contribution in [0.1, 0.15) is 5.82 Å². The zero-order chi connectivity index (χ0) is 11.4. The Kier molecular flexibility index (Phi) is 3.79. The first-order valence-electron chi connectivity index (χ1n) is 4.79. The number of hydrogen-bond acceptors (Lipinski definition) is 6. The Morgan fingerprint density at radius 1 is 1.13 bits per heavy atom. The third-order valence-electron chi connectivity index (χ3n) is 1.80. The molecule has 1 rings (SSSR count). The number of aromatic nitrogens is 3. The molecular formula is C9H18N6. The van der Waals surface area contributed by atoms with Gasteiger partial charge in [0, 0.05) is 14.1 Å². The van der Waals surface area contributed by atoms with Crippen LogP contribution in [0.15, 0.2) is 0 Å². The van der Waals surface area contributed by atoms with Gasteiger partial charge in [-0.1, -0.05) is 0 Å². The minimum atomic E-state index is 0.600. The number of anilines is 2. The van der Waals surface area contributed by atoms with Gasteiger partial charge in [-0.2, -0.15) is 15.0 Å². The van der Waals surface area contributed by atoms with Crippen LogP contribution in [0.3, 0.4) is 0 Å². The van der Waals surface area contributed by atoms with E-state index in [1.807, 2.05) is 33.0 Å². The largest absolute Gasteiger partial charge is 0.357 e. The number of hydrogen-bond donors (Lipinski definition) is 1. The van der Waals surface area contributed by atoms with Crippen LogP contribution in [-0.2, 0) is 0 Å². The summed E-state index contributed by atoms with van der Waals surface area (Å²) in [5, 5.41) is 2.91. The Morgan fingerprint density at radius 2 is 1.80 bits per heavy atom. The summed E-state index contributed by atoms with van der Waals surface area (Å²) in [5.41, 5.74) is 0. The normalized spacial score (nSPS) is 10.5. The van der Waals surface area contributed by atoms with Gasteiger partial charge in [0.2, 0.25) is 11.9 Å². The Balaban J connectivity index is 2.88. The van der Waals surface area contributed by atoms with Crippen LogP contribution in [0.25, 0.3) is 0 Å². The van der Waals surface area contributed by atoms with Crippen LogP contribution in [-0.4, -0.2) is 54.7 Å². The van der Waals surface area contributed by atoms with E-state index in [1.165, 1.54) is 0 Å². The molecule has 0 atom stereocenters. The second-order valence-corrected chi connectivity index (χ2v) is 3.68. The summed E-state index contributed by atoms with van der Waals surface area (Å²) < 4.78 is 0. The zero-order valence-electron chi connectivity index (χ0n) is 9.94. The highest BCUT2D eigenvalue weighted by Gasteiger charge is 2.07. The van der Waals surface area contributed by atoms with Crippen molar-refractivity contribution in [1.29, 1.82) is 0 Å². The first kappa shape index (κ1) is 11.6. The maximum absolute atomic E-state index is 4.27. The molecular weight excluding hydrogens is 192 g/mol. The zero-order valence-corrected chi connectivity index (χ0v) is 9.94. The molecule has 0 aliphatic rings. The van der Waals surface area contributed by atoms with E-state index in [0.717, 1.165) is 12.5 Å². The third-order valence-corrected chi connectivity index (χ3v) is 1.80. The summed E-state index contributed by atoms with van der Waals surface area (Å²) in [6, 6.07) is 0. The average Bonchev–Trinajstić information content (AvgIpc) is 2.15. The lowest BCUT2D eigenvalue weighted by atomic mass is 10.6. The molecule has 1 aromatic heterocycles. The van der Waals surface area contributed by atoms with E-state index in [9.17, 15) is 0 Å². The van der Waals surface area contributed by atoms with E-state index < -0.39 is 0 Å². The smallest absolute Gasteiger partial charge is 0.231 e. The molecule has 0 bridgehead atoms. The van der Waals surface area contributed by atoms with E-state index in [4.69, 9.17) is 0 Å². The second-order valence-electron chi connectivity index (χ2n) is 3.68. The van der Waals surface area contributed by atoms with Crippen LogP contribution >= 0.6 is 0 Å². The minimum absolute atomic E-state index is 0.600. The highest BCUT2D eigenvalue weighted by molar-refractivity contribution is 5.35.